The van der Waals surface area contributed by atoms with E-state index in [-0.39, 0.29) is 17.0 Å². The van der Waals surface area contributed by atoms with Crippen LogP contribution in [0.25, 0.3) is 10.9 Å². The van der Waals surface area contributed by atoms with Crippen LogP contribution in [0.15, 0.2) is 48.5 Å². The molecule has 0 radical (unpaired) electrons. The molecule has 3 rings (SSSR count). The van der Waals surface area contributed by atoms with E-state index in [1.165, 1.54) is 31.2 Å². The zero-order valence-corrected chi connectivity index (χ0v) is 16.5. The van der Waals surface area contributed by atoms with E-state index < -0.39 is 22.1 Å². The number of H-pyrrole nitrogens is 1. The summed E-state index contributed by atoms with van der Waals surface area (Å²) < 4.78 is 30.3. The molecular weight excluding hydrogens is 380 g/mol. The first kappa shape index (κ1) is 19.6. The quantitative estimate of drug-likeness (QED) is 0.488. The van der Waals surface area contributed by atoms with Crippen molar-refractivity contribution >= 4 is 38.4 Å². The Hall–Kier alpha value is -3.13. The lowest BCUT2D eigenvalue weighted by Gasteiger charge is -2.13. The number of esters is 1. The predicted molar refractivity (Wildman–Crippen MR) is 107 cm³/mol. The van der Waals surface area contributed by atoms with Gasteiger partial charge in [0.05, 0.1) is 11.8 Å². The van der Waals surface area contributed by atoms with Crippen LogP contribution >= 0.6 is 0 Å². The molecule has 0 bridgehead atoms. The first-order valence-corrected chi connectivity index (χ1v) is 10.4. The van der Waals surface area contributed by atoms with Crippen molar-refractivity contribution in [2.75, 3.05) is 11.0 Å². The summed E-state index contributed by atoms with van der Waals surface area (Å²) in [7, 11) is -3.47. The molecule has 0 aliphatic rings. The minimum Gasteiger partial charge on any atom is -0.451 e. The van der Waals surface area contributed by atoms with Crippen molar-refractivity contribution in [2.24, 2.45) is 0 Å². The lowest BCUT2D eigenvalue weighted by molar-refractivity contribution is 0.0319. The van der Waals surface area contributed by atoms with Crippen LogP contribution in [0.5, 0.6) is 0 Å². The Labute approximate surface area is 162 Å². The van der Waals surface area contributed by atoms with E-state index in [2.05, 4.69) is 9.71 Å². The standard InChI is InChI=1S/C20H20N2O5S/c1-12-18(16-9-4-5-10-17(16)21-12)19(23)13(2)27-20(24)14-7-6-8-15(11-14)22-28(3,25)26/h4-11,13,21-22H,1-3H3/t13-/m1/s1. The molecular formula is C20H20N2O5S. The number of sulfonamides is 1. The number of ketones is 1. The monoisotopic (exact) mass is 400 g/mol. The summed E-state index contributed by atoms with van der Waals surface area (Å²) >= 11 is 0. The number of nitrogens with one attached hydrogen (secondary N) is 2. The van der Waals surface area contributed by atoms with Gasteiger partial charge in [-0.1, -0.05) is 24.3 Å². The molecule has 0 aliphatic heterocycles. The number of hydrogen-bond acceptors (Lipinski definition) is 5. The Kier molecular flexibility index (Phi) is 5.24. The fourth-order valence-electron chi connectivity index (χ4n) is 3.00. The van der Waals surface area contributed by atoms with Gasteiger partial charge in [-0.25, -0.2) is 13.2 Å². The highest BCUT2D eigenvalue weighted by Crippen LogP contribution is 2.24. The second-order valence-electron chi connectivity index (χ2n) is 6.54. The molecule has 3 aromatic rings. The van der Waals surface area contributed by atoms with Gasteiger partial charge < -0.3 is 9.72 Å². The average Bonchev–Trinajstić information content (AvgIpc) is 2.95. The van der Waals surface area contributed by atoms with Gasteiger partial charge in [0, 0.05) is 27.8 Å². The van der Waals surface area contributed by atoms with Crippen molar-refractivity contribution in [3.8, 4) is 0 Å². The zero-order valence-electron chi connectivity index (χ0n) is 15.6. The van der Waals surface area contributed by atoms with Gasteiger partial charge in [0.25, 0.3) is 0 Å². The van der Waals surface area contributed by atoms with Gasteiger partial charge in [0.2, 0.25) is 15.8 Å². The molecule has 0 saturated carbocycles. The van der Waals surface area contributed by atoms with Crippen molar-refractivity contribution in [2.45, 2.75) is 20.0 Å². The molecule has 7 nitrogen and oxygen atoms in total. The number of para-hydroxylation sites is 1. The molecule has 0 fully saturated rings. The number of carbonyl (C=O) groups is 2. The lowest BCUT2D eigenvalue weighted by atomic mass is 10.0. The van der Waals surface area contributed by atoms with Gasteiger partial charge in [-0.05, 0) is 38.1 Å². The van der Waals surface area contributed by atoms with E-state index in [1.54, 1.807) is 6.92 Å². The molecule has 8 heteroatoms. The fourth-order valence-corrected chi connectivity index (χ4v) is 3.56. The third-order valence-electron chi connectivity index (χ3n) is 4.19. The van der Waals surface area contributed by atoms with Gasteiger partial charge in [0.15, 0.2) is 6.10 Å². The van der Waals surface area contributed by atoms with Gasteiger partial charge in [-0.15, -0.1) is 0 Å². The topological polar surface area (TPSA) is 105 Å². The van der Waals surface area contributed by atoms with Crippen molar-refractivity contribution in [3.05, 3.63) is 65.4 Å². The highest BCUT2D eigenvalue weighted by atomic mass is 32.2. The van der Waals surface area contributed by atoms with Crippen molar-refractivity contribution < 1.29 is 22.7 Å². The number of anilines is 1. The molecule has 0 saturated heterocycles. The number of hydrogen-bond donors (Lipinski definition) is 2. The maximum Gasteiger partial charge on any atom is 0.338 e. The van der Waals surface area contributed by atoms with Crippen LogP contribution in [0.1, 0.15) is 33.3 Å². The summed E-state index contributed by atoms with van der Waals surface area (Å²) in [6.45, 7) is 3.31. The first-order chi connectivity index (χ1) is 13.2. The van der Waals surface area contributed by atoms with Crippen molar-refractivity contribution in [1.29, 1.82) is 0 Å². The number of fused-ring (bicyclic) bond motifs is 1. The number of Topliss-reactive ketones (excluding diaryl/α,β-unsaturated/α-hetero) is 1. The number of ether oxygens (including phenoxy) is 1. The fraction of sp³-hybridized carbons (Fsp3) is 0.200. The number of aromatic amines is 1. The molecule has 2 aromatic carbocycles. The maximum atomic E-state index is 12.9. The van der Waals surface area contributed by atoms with E-state index in [1.807, 2.05) is 24.3 Å². The predicted octanol–water partition coefficient (Wildman–Crippen LogP) is 3.28. The second kappa shape index (κ2) is 7.47. The number of aromatic nitrogens is 1. The summed E-state index contributed by atoms with van der Waals surface area (Å²) in [6.07, 6.45) is 0.0133. The summed E-state index contributed by atoms with van der Waals surface area (Å²) in [5, 5.41) is 0.771. The summed E-state index contributed by atoms with van der Waals surface area (Å²) in [4.78, 5) is 28.5. The molecule has 0 unspecified atom stereocenters. The molecule has 1 aromatic heterocycles. The Morgan fingerprint density at radius 2 is 1.82 bits per heavy atom. The number of benzene rings is 2. The Balaban J connectivity index is 1.80. The van der Waals surface area contributed by atoms with Gasteiger partial charge in [-0.3, -0.25) is 9.52 Å². The minimum atomic E-state index is -3.47. The molecule has 146 valence electrons. The minimum absolute atomic E-state index is 0.143. The Morgan fingerprint density at radius 3 is 2.54 bits per heavy atom. The molecule has 0 aliphatic carbocycles. The normalized spacial score (nSPS) is 12.5. The van der Waals surface area contributed by atoms with Crippen LogP contribution in [-0.4, -0.2) is 37.5 Å². The third-order valence-corrected chi connectivity index (χ3v) is 4.80. The molecule has 1 heterocycles. The summed E-state index contributed by atoms with van der Waals surface area (Å²) in [5.74, 6) is -1.02. The van der Waals surface area contributed by atoms with Gasteiger partial charge >= 0.3 is 5.97 Å². The Bertz CT molecular complexity index is 1160. The summed E-state index contributed by atoms with van der Waals surface area (Å²) in [6, 6.07) is 13.3. The van der Waals surface area contributed by atoms with E-state index in [0.29, 0.717) is 11.3 Å². The van der Waals surface area contributed by atoms with Crippen molar-refractivity contribution in [3.63, 3.8) is 0 Å². The Morgan fingerprint density at radius 1 is 1.11 bits per heavy atom. The molecule has 1 atom stereocenters. The van der Waals surface area contributed by atoms with Crippen LogP contribution < -0.4 is 4.72 Å². The average molecular weight is 400 g/mol. The van der Waals surface area contributed by atoms with Crippen LogP contribution in [0.3, 0.4) is 0 Å². The lowest BCUT2D eigenvalue weighted by Crippen LogP contribution is -2.25. The molecule has 2 N–H and O–H groups in total. The zero-order chi connectivity index (χ0) is 20.5. The largest absolute Gasteiger partial charge is 0.451 e. The highest BCUT2D eigenvalue weighted by molar-refractivity contribution is 7.92. The number of aryl methyl sites for hydroxylation is 1. The second-order valence-corrected chi connectivity index (χ2v) is 8.29. The van der Waals surface area contributed by atoms with Gasteiger partial charge in [-0.2, -0.15) is 0 Å². The van der Waals surface area contributed by atoms with Crippen molar-refractivity contribution in [1.82, 2.24) is 4.98 Å². The van der Waals surface area contributed by atoms with E-state index in [9.17, 15) is 18.0 Å². The van der Waals surface area contributed by atoms with E-state index in [4.69, 9.17) is 4.74 Å². The van der Waals surface area contributed by atoms with Gasteiger partial charge in [0.1, 0.15) is 0 Å². The van der Waals surface area contributed by atoms with Crippen LogP contribution in [0, 0.1) is 6.92 Å². The SMILES string of the molecule is Cc1[nH]c2ccccc2c1C(=O)[C@@H](C)OC(=O)c1cccc(NS(C)(=O)=O)c1. The maximum absolute atomic E-state index is 12.9. The first-order valence-electron chi connectivity index (χ1n) is 8.56. The smallest absolute Gasteiger partial charge is 0.338 e. The van der Waals surface area contributed by atoms with Crippen LogP contribution in [-0.2, 0) is 14.8 Å². The van der Waals surface area contributed by atoms with E-state index >= 15 is 0 Å². The molecule has 0 spiro atoms. The summed E-state index contributed by atoms with van der Waals surface area (Å²) in [5.41, 5.74) is 2.41. The molecule has 28 heavy (non-hydrogen) atoms. The molecule has 0 amide bonds. The number of carbonyl (C=O) groups excluding carboxylic acids is 2. The number of rotatable bonds is 6. The van der Waals surface area contributed by atoms with E-state index in [0.717, 1.165) is 17.2 Å². The van der Waals surface area contributed by atoms with Crippen LogP contribution in [0.2, 0.25) is 0 Å². The third kappa shape index (κ3) is 4.23. The van der Waals surface area contributed by atoms with Crippen LogP contribution in [0.4, 0.5) is 5.69 Å². The highest BCUT2D eigenvalue weighted by Gasteiger charge is 2.25.